The molecule has 3 aromatic rings. The van der Waals surface area contributed by atoms with Crippen molar-refractivity contribution in [2.45, 2.75) is 40.3 Å². The first kappa shape index (κ1) is 17.8. The number of halogens is 1. The molecular weight excluding hydrogens is 384 g/mol. The number of nitrogens with zero attached hydrogens (tertiary/aromatic N) is 4. The molecule has 7 heteroatoms. The molecule has 0 saturated carbocycles. The summed E-state index contributed by atoms with van der Waals surface area (Å²) in [6.45, 7) is 8.92. The van der Waals surface area contributed by atoms with Gasteiger partial charge in [0.2, 0.25) is 5.88 Å². The molecule has 6 nitrogen and oxygen atoms in total. The van der Waals surface area contributed by atoms with Gasteiger partial charge in [0, 0.05) is 18.3 Å². The second-order valence-electron chi connectivity index (χ2n) is 7.23. The average Bonchev–Trinajstić information content (AvgIpc) is 2.92. The fourth-order valence-corrected chi connectivity index (χ4v) is 3.04. The Morgan fingerprint density at radius 2 is 2.04 bits per heavy atom. The number of benzene rings is 1. The van der Waals surface area contributed by atoms with Crippen molar-refractivity contribution in [3.05, 3.63) is 40.5 Å². The Kier molecular flexibility index (Phi) is 4.79. The lowest BCUT2D eigenvalue weighted by atomic mass is 9.97. The van der Waals surface area contributed by atoms with Gasteiger partial charge in [-0.2, -0.15) is 0 Å². The Morgan fingerprint density at radius 1 is 1.28 bits per heavy atom. The summed E-state index contributed by atoms with van der Waals surface area (Å²) in [7, 11) is 0. The summed E-state index contributed by atoms with van der Waals surface area (Å²) in [5.74, 6) is 0.954. The Bertz CT molecular complexity index is 900. The molecule has 0 saturated heterocycles. The van der Waals surface area contributed by atoms with Crippen LogP contribution >= 0.6 is 15.9 Å². The molecule has 2 heterocycles. The molecular formula is C18H21BrN4O2. The van der Waals surface area contributed by atoms with Crippen LogP contribution in [0, 0.1) is 5.41 Å². The predicted molar refractivity (Wildman–Crippen MR) is 99.6 cm³/mol. The molecule has 0 aliphatic rings. The highest BCUT2D eigenvalue weighted by atomic mass is 79.9. The average molecular weight is 405 g/mol. The van der Waals surface area contributed by atoms with Crippen LogP contribution in [0.3, 0.4) is 0 Å². The van der Waals surface area contributed by atoms with Crippen molar-refractivity contribution >= 4 is 27.0 Å². The van der Waals surface area contributed by atoms with E-state index in [4.69, 9.17) is 4.74 Å². The minimum Gasteiger partial charge on any atom is -0.437 e. The van der Waals surface area contributed by atoms with Gasteiger partial charge in [0.1, 0.15) is 11.3 Å². The minimum absolute atomic E-state index is 0.0996. The lowest BCUT2D eigenvalue weighted by Gasteiger charge is -2.18. The summed E-state index contributed by atoms with van der Waals surface area (Å²) < 4.78 is 8.53. The molecule has 0 radical (unpaired) electrons. The van der Waals surface area contributed by atoms with Crippen LogP contribution in [-0.2, 0) is 6.54 Å². The fourth-order valence-electron chi connectivity index (χ4n) is 2.54. The normalized spacial score (nSPS) is 13.2. The highest BCUT2D eigenvalue weighted by Gasteiger charge is 2.19. The Balaban J connectivity index is 1.98. The van der Waals surface area contributed by atoms with Gasteiger partial charge in [0.25, 0.3) is 0 Å². The Hall–Kier alpha value is -1.99. The molecule has 0 aliphatic carbocycles. The van der Waals surface area contributed by atoms with E-state index < -0.39 is 6.10 Å². The van der Waals surface area contributed by atoms with Crippen LogP contribution in [0.1, 0.15) is 39.4 Å². The van der Waals surface area contributed by atoms with Crippen LogP contribution < -0.4 is 4.74 Å². The highest BCUT2D eigenvalue weighted by Crippen LogP contribution is 2.36. The van der Waals surface area contributed by atoms with Crippen LogP contribution in [0.2, 0.25) is 0 Å². The van der Waals surface area contributed by atoms with Crippen molar-refractivity contribution in [2.24, 2.45) is 5.41 Å². The summed E-state index contributed by atoms with van der Waals surface area (Å²) in [6.07, 6.45) is 0.964. The zero-order valence-corrected chi connectivity index (χ0v) is 16.3. The minimum atomic E-state index is -0.668. The summed E-state index contributed by atoms with van der Waals surface area (Å²) in [4.78, 5) is 4.23. The fraction of sp³-hybridized carbons (Fsp3) is 0.389. The van der Waals surface area contributed by atoms with Crippen LogP contribution in [0.4, 0.5) is 0 Å². The maximum atomic E-state index is 9.88. The summed E-state index contributed by atoms with van der Waals surface area (Å²) in [6, 6.07) is 7.35. The maximum absolute atomic E-state index is 9.88. The van der Waals surface area contributed by atoms with Crippen LogP contribution in [0.15, 0.2) is 34.9 Å². The smallest absolute Gasteiger partial charge is 0.225 e. The van der Waals surface area contributed by atoms with E-state index in [1.165, 1.54) is 0 Å². The van der Waals surface area contributed by atoms with Gasteiger partial charge in [-0.25, -0.2) is 9.67 Å². The number of rotatable bonds is 4. The molecule has 1 N–H and O–H groups in total. The molecule has 3 rings (SSSR count). The third-order valence-electron chi connectivity index (χ3n) is 3.67. The number of aliphatic hydroxyl groups is 1. The number of hydrogen-bond acceptors (Lipinski definition) is 5. The monoisotopic (exact) mass is 404 g/mol. The van der Waals surface area contributed by atoms with Crippen LogP contribution in [0.25, 0.3) is 11.0 Å². The van der Waals surface area contributed by atoms with Crippen LogP contribution in [-0.4, -0.2) is 25.1 Å². The number of hydrogen-bond donors (Lipinski definition) is 1. The van der Waals surface area contributed by atoms with E-state index in [9.17, 15) is 5.11 Å². The number of fused-ring (bicyclic) bond motifs is 1. The molecule has 0 bridgehead atoms. The van der Waals surface area contributed by atoms with E-state index in [2.05, 4.69) is 52.0 Å². The van der Waals surface area contributed by atoms with E-state index in [0.717, 1.165) is 17.6 Å². The van der Waals surface area contributed by atoms with Crippen molar-refractivity contribution in [3.8, 4) is 11.6 Å². The van der Waals surface area contributed by atoms with Crippen molar-refractivity contribution in [2.75, 3.05) is 0 Å². The van der Waals surface area contributed by atoms with E-state index in [-0.39, 0.29) is 5.41 Å². The second kappa shape index (κ2) is 6.72. The molecule has 0 spiro atoms. The first-order valence-electron chi connectivity index (χ1n) is 8.09. The molecule has 1 atom stereocenters. The SMILES string of the molecule is CC(O)c1cccnc1Oc1ccc2c(nnn2CC(C)(C)C)c1Br. The first-order chi connectivity index (χ1) is 11.8. The van der Waals surface area contributed by atoms with Crippen molar-refractivity contribution in [1.29, 1.82) is 0 Å². The van der Waals surface area contributed by atoms with Gasteiger partial charge in [-0.15, -0.1) is 5.10 Å². The number of ether oxygens (including phenoxy) is 1. The topological polar surface area (TPSA) is 73.1 Å². The molecule has 2 aromatic heterocycles. The molecule has 132 valence electrons. The lowest BCUT2D eigenvalue weighted by molar-refractivity contribution is 0.194. The second-order valence-corrected chi connectivity index (χ2v) is 8.02. The maximum Gasteiger partial charge on any atom is 0.225 e. The summed E-state index contributed by atoms with van der Waals surface area (Å²) in [5, 5.41) is 18.4. The number of aromatic nitrogens is 4. The molecule has 1 unspecified atom stereocenters. The van der Waals surface area contributed by atoms with Gasteiger partial charge in [-0.1, -0.05) is 26.0 Å². The zero-order valence-electron chi connectivity index (χ0n) is 14.7. The third-order valence-corrected chi connectivity index (χ3v) is 4.44. The van der Waals surface area contributed by atoms with Gasteiger partial charge in [0.05, 0.1) is 16.1 Å². The van der Waals surface area contributed by atoms with Crippen LogP contribution in [0.5, 0.6) is 11.6 Å². The van der Waals surface area contributed by atoms with E-state index in [1.54, 1.807) is 25.3 Å². The van der Waals surface area contributed by atoms with E-state index in [1.807, 2.05) is 16.8 Å². The lowest BCUT2D eigenvalue weighted by Crippen LogP contribution is -2.16. The van der Waals surface area contributed by atoms with Crippen molar-refractivity contribution in [3.63, 3.8) is 0 Å². The van der Waals surface area contributed by atoms with Gasteiger partial charge in [-0.05, 0) is 52.5 Å². The summed E-state index contributed by atoms with van der Waals surface area (Å²) >= 11 is 3.56. The highest BCUT2D eigenvalue weighted by molar-refractivity contribution is 9.10. The predicted octanol–water partition coefficient (Wildman–Crippen LogP) is 4.48. The largest absolute Gasteiger partial charge is 0.437 e. The standard InChI is InChI=1S/C18H21BrN4O2/c1-11(24)12-6-5-9-20-17(12)25-14-8-7-13-16(15(14)19)21-22-23(13)10-18(2,3)4/h5-9,11,24H,10H2,1-4H3. The van der Waals surface area contributed by atoms with Gasteiger partial charge >= 0.3 is 0 Å². The number of aliphatic hydroxyl groups excluding tert-OH is 1. The molecule has 0 amide bonds. The van der Waals surface area contributed by atoms with Gasteiger partial charge in [-0.3, -0.25) is 0 Å². The Labute approximate surface area is 155 Å². The zero-order chi connectivity index (χ0) is 18.2. The molecule has 1 aromatic carbocycles. The third kappa shape index (κ3) is 3.82. The first-order valence-corrected chi connectivity index (χ1v) is 8.88. The number of pyridine rings is 1. The molecule has 0 aliphatic heterocycles. The summed E-state index contributed by atoms with van der Waals surface area (Å²) in [5.41, 5.74) is 2.40. The van der Waals surface area contributed by atoms with Crippen molar-refractivity contribution in [1.82, 2.24) is 20.0 Å². The van der Waals surface area contributed by atoms with E-state index in [0.29, 0.717) is 21.7 Å². The molecule has 0 fully saturated rings. The molecule has 25 heavy (non-hydrogen) atoms. The van der Waals surface area contributed by atoms with Crippen molar-refractivity contribution < 1.29 is 9.84 Å². The van der Waals surface area contributed by atoms with Gasteiger partial charge in [0.15, 0.2) is 0 Å². The van der Waals surface area contributed by atoms with E-state index >= 15 is 0 Å². The Morgan fingerprint density at radius 3 is 2.72 bits per heavy atom. The van der Waals surface area contributed by atoms with Gasteiger partial charge < -0.3 is 9.84 Å². The quantitative estimate of drug-likeness (QED) is 0.693.